The third kappa shape index (κ3) is 3.49. The largest absolute Gasteiger partial charge is 0.308 e. The Hall–Kier alpha value is -1.99. The molecule has 2 aromatic rings. The van der Waals surface area contributed by atoms with Gasteiger partial charge in [-0.3, -0.25) is 10.1 Å². The van der Waals surface area contributed by atoms with Crippen molar-refractivity contribution in [2.24, 2.45) is 5.84 Å². The molecule has 2 aromatic heterocycles. The first kappa shape index (κ1) is 13.4. The fraction of sp³-hybridized carbons (Fsp3) is 0.250. The Morgan fingerprint density at radius 2 is 2.32 bits per heavy atom. The van der Waals surface area contributed by atoms with Crippen molar-refractivity contribution < 1.29 is 4.79 Å². The molecule has 0 saturated heterocycles. The van der Waals surface area contributed by atoms with Gasteiger partial charge in [-0.15, -0.1) is 11.3 Å². The molecule has 0 radical (unpaired) electrons. The Morgan fingerprint density at radius 1 is 1.47 bits per heavy atom. The lowest BCUT2D eigenvalue weighted by Crippen LogP contribution is -2.15. The van der Waals surface area contributed by atoms with Gasteiger partial charge in [-0.1, -0.05) is 13.3 Å². The maximum Gasteiger partial charge on any atom is 0.257 e. The second kappa shape index (κ2) is 6.26. The van der Waals surface area contributed by atoms with E-state index >= 15 is 0 Å². The van der Waals surface area contributed by atoms with Crippen LogP contribution in [0.25, 0.3) is 0 Å². The quantitative estimate of drug-likeness (QED) is 0.574. The van der Waals surface area contributed by atoms with E-state index in [2.05, 4.69) is 27.6 Å². The highest BCUT2D eigenvalue weighted by Gasteiger charge is 2.10. The van der Waals surface area contributed by atoms with Crippen LogP contribution >= 0.6 is 11.3 Å². The molecule has 2 heterocycles. The van der Waals surface area contributed by atoms with Gasteiger partial charge in [0.1, 0.15) is 5.82 Å². The summed E-state index contributed by atoms with van der Waals surface area (Å²) >= 11 is 1.37. The van der Waals surface area contributed by atoms with E-state index in [1.165, 1.54) is 11.3 Å². The number of hydrogen-bond donors (Lipinski definition) is 3. The molecular formula is C12H15N5OS. The van der Waals surface area contributed by atoms with Crippen LogP contribution in [0, 0.1) is 0 Å². The summed E-state index contributed by atoms with van der Waals surface area (Å²) in [7, 11) is 0. The topological polar surface area (TPSA) is 92.9 Å². The number of nitrogens with two attached hydrogens (primary N) is 1. The van der Waals surface area contributed by atoms with Crippen LogP contribution in [0.4, 0.5) is 10.9 Å². The molecule has 0 aromatic carbocycles. The van der Waals surface area contributed by atoms with Gasteiger partial charge in [0.15, 0.2) is 5.13 Å². The lowest BCUT2D eigenvalue weighted by atomic mass is 10.1. The molecule has 0 aliphatic heterocycles. The van der Waals surface area contributed by atoms with Crippen LogP contribution in [0.2, 0.25) is 0 Å². The summed E-state index contributed by atoms with van der Waals surface area (Å²) in [6.45, 7) is 2.06. The Kier molecular flexibility index (Phi) is 4.43. The van der Waals surface area contributed by atoms with Crippen LogP contribution in [0.3, 0.4) is 0 Å². The molecule has 7 heteroatoms. The zero-order chi connectivity index (χ0) is 13.7. The number of anilines is 2. The van der Waals surface area contributed by atoms with Crippen LogP contribution in [0.1, 0.15) is 29.4 Å². The highest BCUT2D eigenvalue weighted by Crippen LogP contribution is 2.15. The number of carbonyl (C=O) groups is 1. The average Bonchev–Trinajstić information content (AvgIpc) is 2.91. The Balaban J connectivity index is 2.22. The second-order valence-corrected chi connectivity index (χ2v) is 4.81. The van der Waals surface area contributed by atoms with Crippen molar-refractivity contribution in [1.29, 1.82) is 0 Å². The van der Waals surface area contributed by atoms with E-state index in [4.69, 9.17) is 5.84 Å². The van der Waals surface area contributed by atoms with Crippen LogP contribution in [-0.2, 0) is 6.42 Å². The van der Waals surface area contributed by atoms with Gasteiger partial charge < -0.3 is 5.43 Å². The molecule has 0 saturated carbocycles. The number of aryl methyl sites for hydroxylation is 1. The normalized spacial score (nSPS) is 10.2. The molecule has 0 bridgehead atoms. The number of rotatable bonds is 5. The van der Waals surface area contributed by atoms with E-state index in [0.717, 1.165) is 18.5 Å². The zero-order valence-corrected chi connectivity index (χ0v) is 11.3. The van der Waals surface area contributed by atoms with Crippen LogP contribution in [0.15, 0.2) is 23.7 Å². The minimum atomic E-state index is -0.216. The molecule has 0 fully saturated rings. The number of hydrogen-bond acceptors (Lipinski definition) is 6. The lowest BCUT2D eigenvalue weighted by Gasteiger charge is -2.07. The highest BCUT2D eigenvalue weighted by atomic mass is 32.1. The van der Waals surface area contributed by atoms with E-state index in [-0.39, 0.29) is 5.91 Å². The summed E-state index contributed by atoms with van der Waals surface area (Å²) in [6.07, 6.45) is 3.39. The number of pyridine rings is 1. The van der Waals surface area contributed by atoms with Crippen molar-refractivity contribution >= 4 is 28.2 Å². The minimum absolute atomic E-state index is 0.216. The van der Waals surface area contributed by atoms with Crippen molar-refractivity contribution in [2.75, 3.05) is 10.7 Å². The van der Waals surface area contributed by atoms with E-state index < -0.39 is 0 Å². The summed E-state index contributed by atoms with van der Waals surface area (Å²) in [6, 6.07) is 3.38. The fourth-order valence-corrected chi connectivity index (χ4v) is 2.16. The van der Waals surface area contributed by atoms with Crippen LogP contribution in [-0.4, -0.2) is 15.9 Å². The van der Waals surface area contributed by atoms with Gasteiger partial charge in [0.05, 0.1) is 0 Å². The smallest absolute Gasteiger partial charge is 0.257 e. The molecule has 0 aliphatic rings. The summed E-state index contributed by atoms with van der Waals surface area (Å²) in [4.78, 5) is 20.4. The zero-order valence-electron chi connectivity index (χ0n) is 10.5. The number of thiazole rings is 1. The highest BCUT2D eigenvalue weighted by molar-refractivity contribution is 7.13. The number of amides is 1. The van der Waals surface area contributed by atoms with Gasteiger partial charge in [-0.2, -0.15) is 0 Å². The first-order valence-corrected chi connectivity index (χ1v) is 6.79. The predicted octanol–water partition coefficient (Wildman–Crippen LogP) is 2.03. The van der Waals surface area contributed by atoms with Gasteiger partial charge in [0, 0.05) is 22.8 Å². The molecule has 0 unspecified atom stereocenters. The summed E-state index contributed by atoms with van der Waals surface area (Å²) in [5, 5.41) is 5.10. The Morgan fingerprint density at radius 3 is 2.95 bits per heavy atom. The molecule has 6 nitrogen and oxygen atoms in total. The third-order valence-electron chi connectivity index (χ3n) is 2.45. The third-order valence-corrected chi connectivity index (χ3v) is 3.14. The number of aromatic nitrogens is 2. The van der Waals surface area contributed by atoms with Crippen molar-refractivity contribution in [3.05, 3.63) is 35.0 Å². The summed E-state index contributed by atoms with van der Waals surface area (Å²) in [5.74, 6) is 5.63. The number of nitrogen functional groups attached to an aromatic ring is 1. The number of nitrogens with one attached hydrogen (secondary N) is 2. The first-order valence-electron chi connectivity index (χ1n) is 5.91. The molecule has 19 heavy (non-hydrogen) atoms. The van der Waals surface area contributed by atoms with E-state index in [1.54, 1.807) is 23.7 Å². The molecule has 0 atom stereocenters. The summed E-state index contributed by atoms with van der Waals surface area (Å²) < 4.78 is 0. The van der Waals surface area contributed by atoms with Crippen molar-refractivity contribution in [1.82, 2.24) is 9.97 Å². The summed E-state index contributed by atoms with van der Waals surface area (Å²) in [5.41, 5.74) is 3.83. The first-order chi connectivity index (χ1) is 9.22. The number of nitrogens with zero attached hydrogens (tertiary/aromatic N) is 2. The van der Waals surface area contributed by atoms with Crippen LogP contribution in [0.5, 0.6) is 0 Å². The van der Waals surface area contributed by atoms with Crippen molar-refractivity contribution in [2.45, 2.75) is 19.8 Å². The molecule has 0 aliphatic carbocycles. The van der Waals surface area contributed by atoms with Crippen molar-refractivity contribution in [3.63, 3.8) is 0 Å². The van der Waals surface area contributed by atoms with Crippen molar-refractivity contribution in [3.8, 4) is 0 Å². The predicted molar refractivity (Wildman–Crippen MR) is 76.1 cm³/mol. The van der Waals surface area contributed by atoms with Gasteiger partial charge in [-0.25, -0.2) is 15.8 Å². The van der Waals surface area contributed by atoms with Gasteiger partial charge >= 0.3 is 0 Å². The number of carbonyl (C=O) groups excluding carboxylic acids is 1. The fourth-order valence-electron chi connectivity index (χ4n) is 1.63. The standard InChI is InChI=1S/C12H15N5OS/c1-2-3-9-6-8(7-10(15-9)17-13)11(18)16-12-14-4-5-19-12/h4-7H,2-3,13H2,1H3,(H,15,17)(H,14,16,18). The average molecular weight is 277 g/mol. The number of hydrazine groups is 1. The Bertz CT molecular complexity index is 555. The van der Waals surface area contributed by atoms with Gasteiger partial charge in [0.25, 0.3) is 5.91 Å². The van der Waals surface area contributed by atoms with E-state index in [0.29, 0.717) is 16.5 Å². The second-order valence-electron chi connectivity index (χ2n) is 3.92. The maximum absolute atomic E-state index is 12.1. The lowest BCUT2D eigenvalue weighted by molar-refractivity contribution is 0.102. The van der Waals surface area contributed by atoms with E-state index in [9.17, 15) is 4.79 Å². The Labute approximate surface area is 115 Å². The molecule has 1 amide bonds. The molecule has 4 N–H and O–H groups in total. The SMILES string of the molecule is CCCc1cc(C(=O)Nc2nccs2)cc(NN)n1. The van der Waals surface area contributed by atoms with Gasteiger partial charge in [-0.05, 0) is 18.6 Å². The minimum Gasteiger partial charge on any atom is -0.308 e. The molecule has 100 valence electrons. The van der Waals surface area contributed by atoms with Crippen LogP contribution < -0.4 is 16.6 Å². The molecule has 2 rings (SSSR count). The molecule has 0 spiro atoms. The maximum atomic E-state index is 12.1. The molecular weight excluding hydrogens is 262 g/mol. The van der Waals surface area contributed by atoms with Gasteiger partial charge in [0.2, 0.25) is 0 Å². The van der Waals surface area contributed by atoms with E-state index in [1.807, 2.05) is 0 Å². The monoisotopic (exact) mass is 277 g/mol.